The largest absolute Gasteiger partial charge is 0.448 e. The summed E-state index contributed by atoms with van der Waals surface area (Å²) in [5, 5.41) is 9.20. The molecule has 6 nitrogen and oxygen atoms in total. The van der Waals surface area contributed by atoms with Gasteiger partial charge >= 0.3 is 5.97 Å². The molecule has 0 fully saturated rings. The van der Waals surface area contributed by atoms with Crippen molar-refractivity contribution in [3.05, 3.63) is 71.7 Å². The third kappa shape index (κ3) is 4.38. The number of benzene rings is 2. The van der Waals surface area contributed by atoms with E-state index in [0.29, 0.717) is 16.9 Å². The van der Waals surface area contributed by atoms with E-state index in [2.05, 4.69) is 15.5 Å². The van der Waals surface area contributed by atoms with Crippen LogP contribution in [0.2, 0.25) is 0 Å². The third-order valence-corrected chi connectivity index (χ3v) is 3.96. The van der Waals surface area contributed by atoms with Crippen LogP contribution in [0.3, 0.4) is 0 Å². The lowest BCUT2D eigenvalue weighted by Crippen LogP contribution is -2.30. The van der Waals surface area contributed by atoms with Gasteiger partial charge in [0.15, 0.2) is 6.10 Å². The first-order valence-corrected chi connectivity index (χ1v) is 8.33. The average Bonchev–Trinajstić information content (AvgIpc) is 3.16. The Balaban J connectivity index is 1.62. The number of H-pyrrole nitrogens is 1. The number of carbonyl (C=O) groups is 2. The van der Waals surface area contributed by atoms with Crippen LogP contribution in [0.25, 0.3) is 11.3 Å². The molecule has 2 aromatic carbocycles. The fourth-order valence-corrected chi connectivity index (χ4v) is 2.38. The Morgan fingerprint density at radius 2 is 1.89 bits per heavy atom. The molecule has 0 radical (unpaired) electrons. The van der Waals surface area contributed by atoms with Crippen molar-refractivity contribution in [2.45, 2.75) is 20.0 Å². The van der Waals surface area contributed by atoms with E-state index in [-0.39, 0.29) is 5.69 Å². The smallest absolute Gasteiger partial charge is 0.357 e. The van der Waals surface area contributed by atoms with Gasteiger partial charge in [0.1, 0.15) is 11.5 Å². The van der Waals surface area contributed by atoms with Gasteiger partial charge < -0.3 is 10.1 Å². The van der Waals surface area contributed by atoms with E-state index in [1.807, 2.05) is 30.3 Å². The van der Waals surface area contributed by atoms with Crippen molar-refractivity contribution < 1.29 is 18.7 Å². The zero-order valence-corrected chi connectivity index (χ0v) is 14.8. The highest BCUT2D eigenvalue weighted by Crippen LogP contribution is 2.18. The van der Waals surface area contributed by atoms with Crippen LogP contribution in [-0.4, -0.2) is 28.2 Å². The van der Waals surface area contributed by atoms with Crippen molar-refractivity contribution in [2.75, 3.05) is 5.32 Å². The number of aromatic nitrogens is 2. The van der Waals surface area contributed by atoms with E-state index in [1.54, 1.807) is 25.1 Å². The summed E-state index contributed by atoms with van der Waals surface area (Å²) in [5.41, 5.74) is 2.34. The molecule has 0 aliphatic heterocycles. The fourth-order valence-electron chi connectivity index (χ4n) is 2.38. The van der Waals surface area contributed by atoms with Gasteiger partial charge in [-0.3, -0.25) is 9.89 Å². The number of halogens is 1. The highest BCUT2D eigenvalue weighted by Gasteiger charge is 2.21. The zero-order valence-electron chi connectivity index (χ0n) is 14.8. The number of hydrogen-bond acceptors (Lipinski definition) is 4. The second kappa shape index (κ2) is 7.82. The van der Waals surface area contributed by atoms with Crippen molar-refractivity contribution in [2.24, 2.45) is 0 Å². The topological polar surface area (TPSA) is 84.1 Å². The maximum Gasteiger partial charge on any atom is 0.357 e. The van der Waals surface area contributed by atoms with Gasteiger partial charge in [0.05, 0.1) is 5.69 Å². The predicted octanol–water partition coefficient (Wildman–Crippen LogP) is 3.71. The quantitative estimate of drug-likeness (QED) is 0.674. The van der Waals surface area contributed by atoms with Gasteiger partial charge in [-0.05, 0) is 37.6 Å². The van der Waals surface area contributed by atoms with Crippen molar-refractivity contribution in [3.63, 3.8) is 0 Å². The number of nitrogens with one attached hydrogen (secondary N) is 2. The standard InChI is InChI=1S/C20H18FN3O3/c1-12-8-9-15(10-16(12)21)22-19(25)13(2)27-20(26)18-11-17(23-24-18)14-6-4-3-5-7-14/h3-11,13H,1-2H3,(H,22,25)(H,23,24)/t13-/m0/s1. The lowest BCUT2D eigenvalue weighted by Gasteiger charge is -2.13. The minimum Gasteiger partial charge on any atom is -0.448 e. The molecule has 3 aromatic rings. The second-order valence-electron chi connectivity index (χ2n) is 6.03. The summed E-state index contributed by atoms with van der Waals surface area (Å²) in [6.07, 6.45) is -1.06. The number of rotatable bonds is 5. The Hall–Kier alpha value is -3.48. The van der Waals surface area contributed by atoms with Gasteiger partial charge in [-0.1, -0.05) is 36.4 Å². The summed E-state index contributed by atoms with van der Waals surface area (Å²) in [4.78, 5) is 24.4. The number of aryl methyl sites for hydroxylation is 1. The molecule has 1 atom stereocenters. The normalized spacial score (nSPS) is 11.7. The molecule has 2 N–H and O–H groups in total. The first-order chi connectivity index (χ1) is 12.9. The molecule has 27 heavy (non-hydrogen) atoms. The number of carbonyl (C=O) groups excluding carboxylic acids is 2. The number of amides is 1. The molecule has 1 aromatic heterocycles. The highest BCUT2D eigenvalue weighted by atomic mass is 19.1. The van der Waals surface area contributed by atoms with Crippen molar-refractivity contribution in [1.82, 2.24) is 10.2 Å². The summed E-state index contributed by atoms with van der Waals surface area (Å²) >= 11 is 0. The number of hydrogen-bond donors (Lipinski definition) is 2. The van der Waals surface area contributed by atoms with Gasteiger partial charge in [0.2, 0.25) is 0 Å². The molecule has 1 amide bonds. The van der Waals surface area contributed by atoms with E-state index < -0.39 is 23.8 Å². The van der Waals surface area contributed by atoms with Crippen LogP contribution < -0.4 is 5.32 Å². The molecular weight excluding hydrogens is 349 g/mol. The molecule has 0 bridgehead atoms. The molecule has 0 aliphatic rings. The first kappa shape index (κ1) is 18.3. The van der Waals surface area contributed by atoms with Crippen molar-refractivity contribution >= 4 is 17.6 Å². The van der Waals surface area contributed by atoms with Crippen LogP contribution in [0.1, 0.15) is 23.0 Å². The number of nitrogens with zero attached hydrogens (tertiary/aromatic N) is 1. The molecule has 138 valence electrons. The highest BCUT2D eigenvalue weighted by molar-refractivity contribution is 5.97. The van der Waals surface area contributed by atoms with Crippen LogP contribution in [-0.2, 0) is 9.53 Å². The van der Waals surface area contributed by atoms with Crippen LogP contribution in [0.4, 0.5) is 10.1 Å². The Labute approximate surface area is 155 Å². The van der Waals surface area contributed by atoms with Crippen molar-refractivity contribution in [1.29, 1.82) is 0 Å². The van der Waals surface area contributed by atoms with Gasteiger partial charge in [-0.2, -0.15) is 5.10 Å². The molecule has 0 unspecified atom stereocenters. The summed E-state index contributed by atoms with van der Waals surface area (Å²) in [6.45, 7) is 3.06. The Kier molecular flexibility index (Phi) is 5.30. The second-order valence-corrected chi connectivity index (χ2v) is 6.03. The summed E-state index contributed by atoms with van der Waals surface area (Å²) in [5.74, 6) is -1.69. The van der Waals surface area contributed by atoms with Crippen LogP contribution in [0.15, 0.2) is 54.6 Å². The predicted molar refractivity (Wildman–Crippen MR) is 98.7 cm³/mol. The van der Waals surface area contributed by atoms with Crippen LogP contribution >= 0.6 is 0 Å². The number of ether oxygens (including phenoxy) is 1. The summed E-state index contributed by atoms with van der Waals surface area (Å²) in [6, 6.07) is 15.2. The minimum absolute atomic E-state index is 0.134. The molecule has 7 heteroatoms. The summed E-state index contributed by atoms with van der Waals surface area (Å²) in [7, 11) is 0. The minimum atomic E-state index is -1.06. The molecule has 3 rings (SSSR count). The monoisotopic (exact) mass is 367 g/mol. The molecule has 0 saturated carbocycles. The molecule has 0 saturated heterocycles. The first-order valence-electron chi connectivity index (χ1n) is 8.33. The maximum absolute atomic E-state index is 13.6. The molecule has 0 spiro atoms. The Morgan fingerprint density at radius 1 is 1.15 bits per heavy atom. The van der Waals surface area contributed by atoms with Gasteiger partial charge in [-0.25, -0.2) is 9.18 Å². The third-order valence-electron chi connectivity index (χ3n) is 3.96. The molecular formula is C20H18FN3O3. The number of esters is 1. The molecule has 1 heterocycles. The Bertz CT molecular complexity index is 970. The average molecular weight is 367 g/mol. The molecule has 0 aliphatic carbocycles. The van der Waals surface area contributed by atoms with Gasteiger partial charge in [0.25, 0.3) is 5.91 Å². The lowest BCUT2D eigenvalue weighted by atomic mass is 10.1. The van der Waals surface area contributed by atoms with E-state index in [1.165, 1.54) is 13.0 Å². The number of anilines is 1. The van der Waals surface area contributed by atoms with Gasteiger partial charge in [-0.15, -0.1) is 0 Å². The zero-order chi connectivity index (χ0) is 19.4. The van der Waals surface area contributed by atoms with Crippen LogP contribution in [0.5, 0.6) is 0 Å². The van der Waals surface area contributed by atoms with Crippen molar-refractivity contribution in [3.8, 4) is 11.3 Å². The van der Waals surface area contributed by atoms with E-state index in [0.717, 1.165) is 5.56 Å². The van der Waals surface area contributed by atoms with Crippen LogP contribution in [0, 0.1) is 12.7 Å². The Morgan fingerprint density at radius 3 is 2.59 bits per heavy atom. The SMILES string of the molecule is Cc1ccc(NC(=O)[C@H](C)OC(=O)c2cc(-c3ccccc3)n[nH]2)cc1F. The fraction of sp³-hybridized carbons (Fsp3) is 0.150. The summed E-state index contributed by atoms with van der Waals surface area (Å²) < 4.78 is 18.7. The van der Waals surface area contributed by atoms with E-state index in [9.17, 15) is 14.0 Å². The van der Waals surface area contributed by atoms with E-state index >= 15 is 0 Å². The van der Waals surface area contributed by atoms with E-state index in [4.69, 9.17) is 4.74 Å². The number of aromatic amines is 1. The van der Waals surface area contributed by atoms with Gasteiger partial charge in [0, 0.05) is 11.3 Å². The maximum atomic E-state index is 13.6. The lowest BCUT2D eigenvalue weighted by molar-refractivity contribution is -0.123.